The molecule has 1 fully saturated rings. The molecule has 0 amide bonds. The van der Waals surface area contributed by atoms with Crippen LogP contribution >= 0.6 is 11.8 Å². The number of carbonyl (C=O) groups excluding carboxylic acids is 1. The van der Waals surface area contributed by atoms with Crippen LogP contribution in [0.15, 0.2) is 29.4 Å². The van der Waals surface area contributed by atoms with Crippen LogP contribution in [0.4, 0.5) is 0 Å². The summed E-state index contributed by atoms with van der Waals surface area (Å²) >= 11 is 1.53. The Kier molecular flexibility index (Phi) is 4.75. The first-order valence-corrected chi connectivity index (χ1v) is 9.97. The summed E-state index contributed by atoms with van der Waals surface area (Å²) in [5.41, 5.74) is 1.12. The minimum Gasteiger partial charge on any atom is -0.497 e. The van der Waals surface area contributed by atoms with Crippen molar-refractivity contribution in [1.29, 1.82) is 0 Å². The molecule has 1 saturated heterocycles. The van der Waals surface area contributed by atoms with Gasteiger partial charge < -0.3 is 4.74 Å². The number of rotatable bonds is 4. The van der Waals surface area contributed by atoms with Gasteiger partial charge in [-0.25, -0.2) is 4.98 Å². The maximum Gasteiger partial charge on any atom is 0.264 e. The quantitative estimate of drug-likeness (QED) is 0.821. The van der Waals surface area contributed by atoms with Gasteiger partial charge >= 0.3 is 0 Å². The zero-order chi connectivity index (χ0) is 18.3. The number of benzene rings is 1. The number of likely N-dealkylation sites (tertiary alicyclic amines) is 1. The van der Waals surface area contributed by atoms with E-state index in [4.69, 9.17) is 4.74 Å². The van der Waals surface area contributed by atoms with Crippen LogP contribution < -0.4 is 4.74 Å². The molecule has 2 aromatic rings. The summed E-state index contributed by atoms with van der Waals surface area (Å²) in [5, 5.41) is 4.76. The summed E-state index contributed by atoms with van der Waals surface area (Å²) in [6.45, 7) is 6.12. The van der Waals surface area contributed by atoms with E-state index < -0.39 is 0 Å². The summed E-state index contributed by atoms with van der Waals surface area (Å²) in [4.78, 5) is 19.9. The van der Waals surface area contributed by atoms with Gasteiger partial charge in [0.1, 0.15) is 16.8 Å². The highest BCUT2D eigenvalue weighted by atomic mass is 32.2. The molecule has 2 atom stereocenters. The van der Waals surface area contributed by atoms with Gasteiger partial charge in [-0.3, -0.25) is 9.69 Å². The molecule has 0 bridgehead atoms. The van der Waals surface area contributed by atoms with Crippen LogP contribution in [0.3, 0.4) is 0 Å². The van der Waals surface area contributed by atoms with Gasteiger partial charge in [-0.05, 0) is 56.5 Å². The zero-order valence-corrected chi connectivity index (χ0v) is 16.2. The number of nitrogens with zero attached hydrogens (tertiary/aromatic N) is 4. The molecule has 0 radical (unpaired) electrons. The number of hydrogen-bond donors (Lipinski definition) is 0. The topological polar surface area (TPSA) is 60.3 Å². The van der Waals surface area contributed by atoms with Gasteiger partial charge in [0.05, 0.1) is 13.2 Å². The molecule has 138 valence electrons. The second-order valence-corrected chi connectivity index (χ2v) is 8.28. The Morgan fingerprint density at radius 3 is 2.77 bits per heavy atom. The summed E-state index contributed by atoms with van der Waals surface area (Å²) < 4.78 is 6.90. The average Bonchev–Trinajstić information content (AvgIpc) is 3.15. The van der Waals surface area contributed by atoms with E-state index in [0.29, 0.717) is 11.0 Å². The van der Waals surface area contributed by atoms with Crippen LogP contribution in [0.25, 0.3) is 0 Å². The molecule has 0 N–H and O–H groups in total. The molecular weight excluding hydrogens is 348 g/mol. The van der Waals surface area contributed by atoms with E-state index in [1.54, 1.807) is 7.11 Å². The summed E-state index contributed by atoms with van der Waals surface area (Å²) in [6.07, 6.45) is 2.32. The van der Waals surface area contributed by atoms with Crippen LogP contribution in [0.5, 0.6) is 5.75 Å². The summed E-state index contributed by atoms with van der Waals surface area (Å²) in [6, 6.07) is 8.09. The van der Waals surface area contributed by atoms with Crippen molar-refractivity contribution in [3.8, 4) is 5.75 Å². The molecule has 2 aliphatic rings. The molecule has 7 heteroatoms. The largest absolute Gasteiger partial charge is 0.497 e. The van der Waals surface area contributed by atoms with Gasteiger partial charge in [-0.15, -0.1) is 5.10 Å². The van der Waals surface area contributed by atoms with E-state index in [-0.39, 0.29) is 17.2 Å². The number of ether oxygens (including phenoxy) is 1. The van der Waals surface area contributed by atoms with Crippen LogP contribution in [0.2, 0.25) is 0 Å². The number of aromatic nitrogens is 3. The summed E-state index contributed by atoms with van der Waals surface area (Å²) in [5.74, 6) is 2.23. The first-order chi connectivity index (χ1) is 12.6. The fourth-order valence-electron chi connectivity index (χ4n) is 3.81. The molecule has 0 saturated carbocycles. The number of thioether (sulfide) groups is 1. The number of piperidine rings is 1. The Balaban J connectivity index is 1.69. The van der Waals surface area contributed by atoms with Gasteiger partial charge in [0.2, 0.25) is 0 Å². The number of methoxy groups -OCH3 is 1. The molecule has 6 nitrogen and oxygen atoms in total. The summed E-state index contributed by atoms with van der Waals surface area (Å²) in [7, 11) is 1.68. The van der Waals surface area contributed by atoms with Gasteiger partial charge in [0.15, 0.2) is 5.16 Å². The maximum absolute atomic E-state index is 13.1. The molecule has 26 heavy (non-hydrogen) atoms. The maximum atomic E-state index is 13.1. The smallest absolute Gasteiger partial charge is 0.264 e. The lowest BCUT2D eigenvalue weighted by atomic mass is 9.94. The van der Waals surface area contributed by atoms with Gasteiger partial charge in [-0.1, -0.05) is 30.8 Å². The number of hydrogen-bond acceptors (Lipinski definition) is 6. The molecule has 1 aromatic heterocycles. The third-order valence-corrected chi connectivity index (χ3v) is 6.49. The minimum atomic E-state index is -0.230. The van der Waals surface area contributed by atoms with Crippen molar-refractivity contribution < 1.29 is 9.53 Å². The lowest BCUT2D eigenvalue weighted by Gasteiger charge is -2.38. The third-order valence-electron chi connectivity index (χ3n) is 5.30. The molecule has 0 aliphatic carbocycles. The van der Waals surface area contributed by atoms with Crippen molar-refractivity contribution >= 4 is 17.7 Å². The molecule has 1 aromatic carbocycles. The fourth-order valence-corrected chi connectivity index (χ4v) is 5.11. The van der Waals surface area contributed by atoms with Crippen LogP contribution in [0, 0.1) is 12.8 Å². The van der Waals surface area contributed by atoms with E-state index in [0.717, 1.165) is 43.2 Å². The standard InChI is InChI=1S/C19H24N4O2S/c1-12-7-9-22(10-8-12)16(14-5-4-6-15(11-14)25-3)17-18(24)23-19(26-17)20-13(2)21-23/h4-6,11-12,16-17H,7-10H2,1-3H3. The van der Waals surface area contributed by atoms with Crippen LogP contribution in [-0.2, 0) is 0 Å². The lowest BCUT2D eigenvalue weighted by molar-refractivity contribution is 0.0799. The number of aryl methyl sites for hydroxylation is 1. The number of carbonyl (C=O) groups is 1. The van der Waals surface area contributed by atoms with Gasteiger partial charge in [0, 0.05) is 0 Å². The Hall–Kier alpha value is -1.86. The third kappa shape index (κ3) is 3.14. The average molecular weight is 372 g/mol. The minimum absolute atomic E-state index is 0.00101. The highest BCUT2D eigenvalue weighted by Gasteiger charge is 2.43. The molecule has 0 spiro atoms. The van der Waals surface area contributed by atoms with Crippen molar-refractivity contribution in [2.24, 2.45) is 5.92 Å². The Labute approximate surface area is 157 Å². The van der Waals surface area contributed by atoms with Gasteiger partial charge in [-0.2, -0.15) is 4.68 Å². The van der Waals surface area contributed by atoms with Crippen molar-refractivity contribution in [2.75, 3.05) is 20.2 Å². The Morgan fingerprint density at radius 1 is 1.31 bits per heavy atom. The highest BCUT2D eigenvalue weighted by Crippen LogP contribution is 2.42. The number of fused-ring (bicyclic) bond motifs is 1. The van der Waals surface area contributed by atoms with Crippen LogP contribution in [-0.4, -0.2) is 51.0 Å². The van der Waals surface area contributed by atoms with Crippen molar-refractivity contribution in [3.05, 3.63) is 35.7 Å². The van der Waals surface area contributed by atoms with E-state index in [2.05, 4.69) is 34.0 Å². The second kappa shape index (κ2) is 7.04. The first kappa shape index (κ1) is 17.5. The van der Waals surface area contributed by atoms with Crippen molar-refractivity contribution in [3.63, 3.8) is 0 Å². The van der Waals surface area contributed by atoms with E-state index in [9.17, 15) is 4.79 Å². The highest BCUT2D eigenvalue weighted by molar-refractivity contribution is 8.00. The molecule has 2 unspecified atom stereocenters. The van der Waals surface area contributed by atoms with Gasteiger partial charge in [0.25, 0.3) is 5.91 Å². The monoisotopic (exact) mass is 372 g/mol. The first-order valence-electron chi connectivity index (χ1n) is 9.09. The van der Waals surface area contributed by atoms with Crippen molar-refractivity contribution in [2.45, 2.75) is 43.1 Å². The molecule has 2 aliphatic heterocycles. The Morgan fingerprint density at radius 2 is 2.08 bits per heavy atom. The normalized spacial score (nSPS) is 22.4. The van der Waals surface area contributed by atoms with Crippen molar-refractivity contribution in [1.82, 2.24) is 19.7 Å². The van der Waals surface area contributed by atoms with E-state index in [1.807, 2.05) is 19.1 Å². The molecular formula is C19H24N4O2S. The molecule has 4 rings (SSSR count). The Bertz CT molecular complexity index is 814. The van der Waals surface area contributed by atoms with E-state index in [1.165, 1.54) is 16.4 Å². The zero-order valence-electron chi connectivity index (χ0n) is 15.4. The fraction of sp³-hybridized carbons (Fsp3) is 0.526. The predicted octanol–water partition coefficient (Wildman–Crippen LogP) is 3.18. The molecule has 3 heterocycles. The predicted molar refractivity (Wildman–Crippen MR) is 101 cm³/mol. The van der Waals surface area contributed by atoms with E-state index >= 15 is 0 Å². The second-order valence-electron chi connectivity index (χ2n) is 7.17. The lowest BCUT2D eigenvalue weighted by Crippen LogP contribution is -2.42. The SMILES string of the molecule is COc1cccc(C(C2Sc3nc(C)nn3C2=O)N2CCC(C)CC2)c1. The van der Waals surface area contributed by atoms with Crippen LogP contribution in [0.1, 0.15) is 42.0 Å².